The van der Waals surface area contributed by atoms with Gasteiger partial charge >= 0.3 is 0 Å². The molecule has 0 aliphatic carbocycles. The fraction of sp³-hybridized carbons (Fsp3) is 1.00. The van der Waals surface area contributed by atoms with Crippen molar-refractivity contribution in [2.24, 2.45) is 0 Å². The molecule has 0 radical (unpaired) electrons. The lowest BCUT2D eigenvalue weighted by molar-refractivity contribution is -0.0552. The molecule has 12 heavy (non-hydrogen) atoms. The molecular formula is C7H16O5. The molecule has 0 aromatic heterocycles. The van der Waals surface area contributed by atoms with Gasteiger partial charge in [0.2, 0.25) is 0 Å². The van der Waals surface area contributed by atoms with E-state index in [0.717, 1.165) is 0 Å². The number of rotatable bonds is 8. The maximum atomic E-state index is 8.70. The van der Waals surface area contributed by atoms with Gasteiger partial charge in [-0.25, -0.2) is 0 Å². The maximum Gasteiger partial charge on any atom is 0.104 e. The zero-order valence-corrected chi connectivity index (χ0v) is 6.98. The molecule has 0 aliphatic heterocycles. The van der Waals surface area contributed by atoms with E-state index < -0.39 is 6.10 Å². The second-order valence-electron chi connectivity index (χ2n) is 2.20. The molecule has 74 valence electrons. The zero-order valence-electron chi connectivity index (χ0n) is 6.98. The lowest BCUT2D eigenvalue weighted by Gasteiger charge is -2.14. The molecule has 3 N–H and O–H groups in total. The predicted octanol–water partition coefficient (Wildman–Crippen LogP) is -1.63. The van der Waals surface area contributed by atoms with Crippen LogP contribution < -0.4 is 0 Å². The quantitative estimate of drug-likeness (QED) is 0.391. The molecule has 5 nitrogen and oxygen atoms in total. The molecule has 0 aromatic rings. The number of hydrogen-bond donors (Lipinski definition) is 3. The summed E-state index contributed by atoms with van der Waals surface area (Å²) in [6, 6.07) is 0. The highest BCUT2D eigenvalue weighted by Crippen LogP contribution is 1.91. The Hall–Kier alpha value is -0.200. The second kappa shape index (κ2) is 8.89. The van der Waals surface area contributed by atoms with E-state index in [0.29, 0.717) is 0 Å². The van der Waals surface area contributed by atoms with Crippen LogP contribution in [0, 0.1) is 0 Å². The van der Waals surface area contributed by atoms with Crippen LogP contribution in [0.4, 0.5) is 0 Å². The third kappa shape index (κ3) is 6.51. The summed E-state index contributed by atoms with van der Waals surface area (Å²) in [7, 11) is 0. The molecule has 0 aliphatic rings. The van der Waals surface area contributed by atoms with Gasteiger partial charge in [0.15, 0.2) is 0 Å². The number of aliphatic hydroxyl groups excluding tert-OH is 3. The van der Waals surface area contributed by atoms with Gasteiger partial charge < -0.3 is 24.8 Å². The van der Waals surface area contributed by atoms with Crippen LogP contribution in [-0.2, 0) is 9.47 Å². The summed E-state index contributed by atoms with van der Waals surface area (Å²) in [4.78, 5) is 0. The van der Waals surface area contributed by atoms with Gasteiger partial charge in [0, 0.05) is 0 Å². The van der Waals surface area contributed by atoms with Gasteiger partial charge in [0.05, 0.1) is 39.6 Å². The average Bonchev–Trinajstić information content (AvgIpc) is 2.11. The monoisotopic (exact) mass is 180 g/mol. The molecule has 0 bridgehead atoms. The second-order valence-corrected chi connectivity index (χ2v) is 2.20. The van der Waals surface area contributed by atoms with Crippen molar-refractivity contribution in [1.82, 2.24) is 0 Å². The van der Waals surface area contributed by atoms with E-state index in [9.17, 15) is 0 Å². The highest BCUT2D eigenvalue weighted by molar-refractivity contribution is 4.53. The summed E-state index contributed by atoms with van der Waals surface area (Å²) in [5.41, 5.74) is 0. The molecule has 0 rings (SSSR count). The number of hydrogen-bond acceptors (Lipinski definition) is 5. The standard InChI is InChI=1S/C7H16O5/c8-1-3-11-6-7(5-10)12-4-2-9/h7-10H,1-6H2. The predicted molar refractivity (Wildman–Crippen MR) is 41.8 cm³/mol. The molecule has 0 saturated heterocycles. The van der Waals surface area contributed by atoms with E-state index in [1.807, 2.05) is 0 Å². The number of aliphatic hydroxyl groups is 3. The van der Waals surface area contributed by atoms with E-state index in [4.69, 9.17) is 24.8 Å². The van der Waals surface area contributed by atoms with E-state index in [1.165, 1.54) is 0 Å². The fourth-order valence-corrected chi connectivity index (χ4v) is 0.652. The normalized spacial score (nSPS) is 13.2. The molecule has 5 heteroatoms. The zero-order chi connectivity index (χ0) is 9.23. The molecule has 1 unspecified atom stereocenters. The molecule has 0 heterocycles. The molecule has 0 aromatic carbocycles. The van der Waals surface area contributed by atoms with Crippen molar-refractivity contribution in [3.8, 4) is 0 Å². The van der Waals surface area contributed by atoms with Gasteiger partial charge in [0.1, 0.15) is 6.10 Å². The molecule has 1 atom stereocenters. The van der Waals surface area contributed by atoms with Crippen LogP contribution >= 0.6 is 0 Å². The molecule has 0 spiro atoms. The van der Waals surface area contributed by atoms with Gasteiger partial charge in [0.25, 0.3) is 0 Å². The number of ether oxygens (including phenoxy) is 2. The summed E-state index contributed by atoms with van der Waals surface area (Å²) in [5, 5.41) is 25.5. The van der Waals surface area contributed by atoms with Crippen molar-refractivity contribution in [1.29, 1.82) is 0 Å². The van der Waals surface area contributed by atoms with Crippen LogP contribution in [0.2, 0.25) is 0 Å². The van der Waals surface area contributed by atoms with Gasteiger partial charge in [-0.3, -0.25) is 0 Å². The highest BCUT2D eigenvalue weighted by Gasteiger charge is 2.06. The maximum absolute atomic E-state index is 8.70. The fourth-order valence-electron chi connectivity index (χ4n) is 0.652. The van der Waals surface area contributed by atoms with Crippen molar-refractivity contribution in [3.05, 3.63) is 0 Å². The van der Waals surface area contributed by atoms with Crippen LogP contribution in [0.3, 0.4) is 0 Å². The van der Waals surface area contributed by atoms with Crippen LogP contribution in [-0.4, -0.2) is 61.1 Å². The summed E-state index contributed by atoms with van der Waals surface area (Å²) in [6.07, 6.45) is -0.413. The van der Waals surface area contributed by atoms with Crippen LogP contribution in [0.15, 0.2) is 0 Å². The Labute approximate surface area is 71.5 Å². The minimum Gasteiger partial charge on any atom is -0.394 e. The van der Waals surface area contributed by atoms with Crippen molar-refractivity contribution in [2.75, 3.05) is 39.6 Å². The first-order valence-electron chi connectivity index (χ1n) is 3.87. The summed E-state index contributed by atoms with van der Waals surface area (Å²) in [5.74, 6) is 0. The Balaban J connectivity index is 3.26. The molecule has 0 saturated carbocycles. The van der Waals surface area contributed by atoms with Crippen molar-refractivity contribution in [3.63, 3.8) is 0 Å². The van der Waals surface area contributed by atoms with Gasteiger partial charge in [-0.15, -0.1) is 0 Å². The SMILES string of the molecule is OCCOCC(CO)OCCO. The summed E-state index contributed by atoms with van der Waals surface area (Å²) < 4.78 is 9.90. The van der Waals surface area contributed by atoms with Gasteiger partial charge in [-0.2, -0.15) is 0 Å². The summed E-state index contributed by atoms with van der Waals surface area (Å²) in [6.45, 7) is 0.393. The van der Waals surface area contributed by atoms with Gasteiger partial charge in [-0.1, -0.05) is 0 Å². The minimum atomic E-state index is -0.413. The molecule has 0 fully saturated rings. The summed E-state index contributed by atoms with van der Waals surface area (Å²) >= 11 is 0. The van der Waals surface area contributed by atoms with E-state index in [2.05, 4.69) is 0 Å². The Morgan fingerprint density at radius 3 is 2.17 bits per heavy atom. The first-order valence-corrected chi connectivity index (χ1v) is 3.87. The Bertz CT molecular complexity index is 87.9. The van der Waals surface area contributed by atoms with E-state index in [-0.39, 0.29) is 39.6 Å². The largest absolute Gasteiger partial charge is 0.394 e. The van der Waals surface area contributed by atoms with Crippen molar-refractivity contribution < 1.29 is 24.8 Å². The topological polar surface area (TPSA) is 79.2 Å². The van der Waals surface area contributed by atoms with Crippen molar-refractivity contribution in [2.45, 2.75) is 6.10 Å². The smallest absolute Gasteiger partial charge is 0.104 e. The first-order chi connectivity index (χ1) is 5.85. The Morgan fingerprint density at radius 1 is 1.00 bits per heavy atom. The molecule has 0 amide bonds. The minimum absolute atomic E-state index is 0.0435. The average molecular weight is 180 g/mol. The van der Waals surface area contributed by atoms with Crippen LogP contribution in [0.25, 0.3) is 0 Å². The van der Waals surface area contributed by atoms with E-state index >= 15 is 0 Å². The third-order valence-electron chi connectivity index (χ3n) is 1.19. The van der Waals surface area contributed by atoms with E-state index in [1.54, 1.807) is 0 Å². The van der Waals surface area contributed by atoms with Gasteiger partial charge in [-0.05, 0) is 0 Å². The highest BCUT2D eigenvalue weighted by atomic mass is 16.5. The van der Waals surface area contributed by atoms with Crippen molar-refractivity contribution >= 4 is 0 Å². The molecular weight excluding hydrogens is 164 g/mol. The van der Waals surface area contributed by atoms with Crippen LogP contribution in [0.5, 0.6) is 0 Å². The lowest BCUT2D eigenvalue weighted by atomic mass is 10.4. The lowest BCUT2D eigenvalue weighted by Crippen LogP contribution is -2.26. The Kier molecular flexibility index (Phi) is 8.74. The van der Waals surface area contributed by atoms with Crippen LogP contribution in [0.1, 0.15) is 0 Å². The Morgan fingerprint density at radius 2 is 1.67 bits per heavy atom. The first kappa shape index (κ1) is 11.8. The third-order valence-corrected chi connectivity index (χ3v) is 1.19.